The van der Waals surface area contributed by atoms with Crippen molar-refractivity contribution >= 4 is 33.2 Å². The van der Waals surface area contributed by atoms with Gasteiger partial charge >= 0.3 is 0 Å². The van der Waals surface area contributed by atoms with Gasteiger partial charge in [0.2, 0.25) is 10.0 Å². The molecule has 5 aliphatic rings. The number of aryl methyl sites for hydroxylation is 1. The number of amides is 1. The van der Waals surface area contributed by atoms with Crippen LogP contribution in [-0.2, 0) is 31.3 Å². The zero-order valence-corrected chi connectivity index (χ0v) is 30.6. The average molecular weight is 712 g/mol. The molecule has 2 aromatic carbocycles. The van der Waals surface area contributed by atoms with Crippen LogP contribution < -0.4 is 14.4 Å². The molecule has 6 atom stereocenters. The second kappa shape index (κ2) is 13.8. The summed E-state index contributed by atoms with van der Waals surface area (Å²) in [6, 6.07) is 11.8. The van der Waals surface area contributed by atoms with Crippen LogP contribution in [0.2, 0.25) is 5.02 Å². The summed E-state index contributed by atoms with van der Waals surface area (Å²) >= 11 is 6.47. The number of ether oxygens (including phenoxy) is 3. The molecular formula is C38H50ClN3O6S. The number of hydrogen-bond donors (Lipinski definition) is 1. The molecule has 49 heavy (non-hydrogen) atoms. The minimum atomic E-state index is -3.94. The highest BCUT2D eigenvalue weighted by Crippen LogP contribution is 2.48. The Labute approximate surface area is 296 Å². The van der Waals surface area contributed by atoms with Gasteiger partial charge in [-0.05, 0) is 119 Å². The molecule has 11 heteroatoms. The smallest absolute Gasteiger partial charge is 0.264 e. The van der Waals surface area contributed by atoms with E-state index in [1.807, 2.05) is 39.2 Å². The van der Waals surface area contributed by atoms with Gasteiger partial charge in [0, 0.05) is 35.0 Å². The maximum atomic E-state index is 13.5. The summed E-state index contributed by atoms with van der Waals surface area (Å²) in [6.45, 7) is 6.82. The lowest BCUT2D eigenvalue weighted by Crippen LogP contribution is -2.51. The first kappa shape index (κ1) is 34.8. The minimum Gasteiger partial charge on any atom is -0.490 e. The second-order valence-electron chi connectivity index (χ2n) is 15.3. The molecule has 0 unspecified atom stereocenters. The Morgan fingerprint density at radius 1 is 1.06 bits per heavy atom. The summed E-state index contributed by atoms with van der Waals surface area (Å²) < 4.78 is 48.8. The number of sulfonamides is 1. The number of likely N-dealkylation sites (N-methyl/N-ethyl adjacent to an activating group) is 1. The Bertz CT molecular complexity index is 1690. The molecule has 266 valence electrons. The molecular weight excluding hydrogens is 662 g/mol. The van der Waals surface area contributed by atoms with E-state index in [2.05, 4.69) is 38.8 Å². The molecule has 3 heterocycles. The third-order valence-corrected chi connectivity index (χ3v) is 14.2. The molecule has 7 rings (SSSR count). The Hall–Kier alpha value is -2.63. The molecule has 1 saturated heterocycles. The molecule has 9 nitrogen and oxygen atoms in total. The van der Waals surface area contributed by atoms with Gasteiger partial charge in [-0.3, -0.25) is 4.79 Å². The second-order valence-corrected chi connectivity index (χ2v) is 17.8. The Morgan fingerprint density at radius 3 is 2.59 bits per heavy atom. The zero-order chi connectivity index (χ0) is 34.5. The number of carbonyl (C=O) groups is 1. The number of allylic oxidation sites excluding steroid dienone is 1. The molecule has 1 saturated carbocycles. The Kier molecular flexibility index (Phi) is 9.82. The first-order chi connectivity index (χ1) is 23.4. The van der Waals surface area contributed by atoms with E-state index in [4.69, 9.17) is 25.8 Å². The average Bonchev–Trinajstić information content (AvgIpc) is 3.21. The number of fused-ring (bicyclic) bond motifs is 4. The van der Waals surface area contributed by atoms with Crippen LogP contribution >= 0.6 is 11.6 Å². The van der Waals surface area contributed by atoms with Crippen LogP contribution in [-0.4, -0.2) is 83.8 Å². The summed E-state index contributed by atoms with van der Waals surface area (Å²) in [6.07, 6.45) is 9.66. The number of carbonyl (C=O) groups excluding carboxylic acids is 1. The number of rotatable bonds is 2. The van der Waals surface area contributed by atoms with Crippen molar-refractivity contribution in [3.05, 3.63) is 70.3 Å². The van der Waals surface area contributed by atoms with Crippen molar-refractivity contribution in [2.75, 3.05) is 51.9 Å². The fourth-order valence-corrected chi connectivity index (χ4v) is 10.0. The van der Waals surface area contributed by atoms with Crippen molar-refractivity contribution in [2.24, 2.45) is 23.7 Å². The number of benzene rings is 2. The summed E-state index contributed by atoms with van der Waals surface area (Å²) in [4.78, 5) is 18.1. The van der Waals surface area contributed by atoms with Crippen molar-refractivity contribution in [3.63, 3.8) is 0 Å². The molecule has 2 bridgehead atoms. The fraction of sp³-hybridized carbons (Fsp3) is 0.605. The number of anilines is 1. The first-order valence-electron chi connectivity index (χ1n) is 17.9. The Balaban J connectivity index is 1.28. The highest BCUT2D eigenvalue weighted by atomic mass is 35.5. The van der Waals surface area contributed by atoms with Crippen LogP contribution in [0.5, 0.6) is 5.75 Å². The fourth-order valence-electron chi connectivity index (χ4n) is 8.56. The Morgan fingerprint density at radius 2 is 1.86 bits per heavy atom. The minimum absolute atomic E-state index is 0.0362. The van der Waals surface area contributed by atoms with Crippen molar-refractivity contribution in [3.8, 4) is 5.75 Å². The van der Waals surface area contributed by atoms with Crippen LogP contribution in [0.1, 0.15) is 67.4 Å². The van der Waals surface area contributed by atoms with Crippen LogP contribution in [0, 0.1) is 23.7 Å². The predicted molar refractivity (Wildman–Crippen MR) is 192 cm³/mol. The van der Waals surface area contributed by atoms with Crippen LogP contribution in [0.4, 0.5) is 5.69 Å². The molecule has 1 spiro atoms. The normalized spacial score (nSPS) is 35.3. The van der Waals surface area contributed by atoms with E-state index in [-0.39, 0.29) is 29.6 Å². The van der Waals surface area contributed by atoms with E-state index < -0.39 is 21.2 Å². The van der Waals surface area contributed by atoms with E-state index in [0.717, 1.165) is 55.9 Å². The first-order valence-corrected chi connectivity index (χ1v) is 19.8. The third kappa shape index (κ3) is 6.88. The summed E-state index contributed by atoms with van der Waals surface area (Å²) in [5.74, 6) is 0.612. The maximum absolute atomic E-state index is 13.5. The summed E-state index contributed by atoms with van der Waals surface area (Å²) in [5.41, 5.74) is 3.42. The lowest BCUT2D eigenvalue weighted by molar-refractivity contribution is -0.230. The zero-order valence-electron chi connectivity index (χ0n) is 29.1. The number of hydrogen-bond acceptors (Lipinski definition) is 8. The number of nitrogens with one attached hydrogen (secondary N) is 1. The van der Waals surface area contributed by atoms with E-state index in [1.54, 1.807) is 13.0 Å². The van der Waals surface area contributed by atoms with Gasteiger partial charge in [-0.2, -0.15) is 0 Å². The molecule has 3 aliphatic heterocycles. The highest BCUT2D eigenvalue weighted by molar-refractivity contribution is 7.90. The number of halogens is 1. The highest BCUT2D eigenvalue weighted by Gasteiger charge is 2.46. The molecule has 2 fully saturated rings. The lowest BCUT2D eigenvalue weighted by Gasteiger charge is -2.48. The largest absolute Gasteiger partial charge is 0.490 e. The van der Waals surface area contributed by atoms with E-state index in [0.29, 0.717) is 49.4 Å². The molecule has 1 amide bonds. The molecule has 0 aromatic heterocycles. The monoisotopic (exact) mass is 711 g/mol. The van der Waals surface area contributed by atoms with Gasteiger partial charge in [0.25, 0.3) is 5.91 Å². The standard InChI is InChI=1S/C38H50ClN3O6S/c1-24-7-5-9-32(37-46-20-30(21-47-37)41(3)4)31-13-10-28(31)19-42-22-38(16-6-8-26-17-29(39)12-14-33(26)38)23-48-35-15-11-27(18-34(35)42)36(43)40-49(44,45)25(24)2/h5,9,11-12,14-15,17-18,24-25,28,30-32,37H,6-8,10,13,16,19-23H2,1-4H3,(H,40,43)/b9-5+/t24-,25+,28-,30-,31+,32-,37-,38-/m0/s1. The molecule has 2 aliphatic carbocycles. The van der Waals surface area contributed by atoms with E-state index in [9.17, 15) is 13.2 Å². The van der Waals surface area contributed by atoms with Crippen LogP contribution in [0.25, 0.3) is 0 Å². The van der Waals surface area contributed by atoms with Gasteiger partial charge < -0.3 is 24.0 Å². The van der Waals surface area contributed by atoms with Crippen molar-refractivity contribution < 1.29 is 27.4 Å². The van der Waals surface area contributed by atoms with E-state index in [1.165, 1.54) is 11.1 Å². The SMILES string of the molecule is C[C@@H]1[C@@H](C)C/C=C/[C@H]([C@H]2OC[C@H](N(C)C)CO2)[C@@H]2CC[C@H]2CN2C[C@@]3(CCCc4cc(Cl)ccc43)COc3ccc(cc32)C(=O)NS1(=O)=O. The lowest BCUT2D eigenvalue weighted by atomic mass is 9.65. The topological polar surface area (TPSA) is 97.4 Å². The quantitative estimate of drug-likeness (QED) is 0.391. The van der Waals surface area contributed by atoms with Crippen LogP contribution in [0.15, 0.2) is 48.6 Å². The van der Waals surface area contributed by atoms with Crippen LogP contribution in [0.3, 0.4) is 0 Å². The summed E-state index contributed by atoms with van der Waals surface area (Å²) in [5, 5.41) is -0.0271. The maximum Gasteiger partial charge on any atom is 0.264 e. The van der Waals surface area contributed by atoms with Gasteiger partial charge in [-0.25, -0.2) is 13.1 Å². The van der Waals surface area contributed by atoms with Gasteiger partial charge in [0.05, 0.1) is 36.8 Å². The molecule has 1 N–H and O–H groups in total. The number of nitrogens with zero attached hydrogens (tertiary/aromatic N) is 2. The van der Waals surface area contributed by atoms with Crippen molar-refractivity contribution in [2.45, 2.75) is 75.4 Å². The van der Waals surface area contributed by atoms with Crippen molar-refractivity contribution in [1.82, 2.24) is 9.62 Å². The summed E-state index contributed by atoms with van der Waals surface area (Å²) in [7, 11) is 0.157. The third-order valence-electron chi connectivity index (χ3n) is 12.1. The van der Waals surface area contributed by atoms with E-state index >= 15 is 0 Å². The van der Waals surface area contributed by atoms with Gasteiger partial charge in [0.15, 0.2) is 6.29 Å². The predicted octanol–water partition coefficient (Wildman–Crippen LogP) is 5.80. The van der Waals surface area contributed by atoms with Gasteiger partial charge in [-0.1, -0.05) is 36.7 Å². The molecule has 2 aromatic rings. The van der Waals surface area contributed by atoms with Gasteiger partial charge in [0.1, 0.15) is 5.75 Å². The van der Waals surface area contributed by atoms with Crippen molar-refractivity contribution in [1.29, 1.82) is 0 Å². The van der Waals surface area contributed by atoms with Gasteiger partial charge in [-0.15, -0.1) is 0 Å². The molecule has 0 radical (unpaired) electrons.